The van der Waals surface area contributed by atoms with E-state index in [4.69, 9.17) is 15.2 Å². The summed E-state index contributed by atoms with van der Waals surface area (Å²) in [7, 11) is 1.60. The third kappa shape index (κ3) is 3.69. The maximum atomic E-state index is 6.03. The predicted molar refractivity (Wildman–Crippen MR) is 79.9 cm³/mol. The average molecular weight is 291 g/mol. The highest BCUT2D eigenvalue weighted by atomic mass is 16.5. The van der Waals surface area contributed by atoms with Crippen molar-refractivity contribution in [3.63, 3.8) is 0 Å². The van der Waals surface area contributed by atoms with Crippen LogP contribution in [0.1, 0.15) is 19.8 Å². The molecule has 0 bridgehead atoms. The van der Waals surface area contributed by atoms with E-state index in [9.17, 15) is 0 Å². The van der Waals surface area contributed by atoms with E-state index in [0.29, 0.717) is 36.0 Å². The Morgan fingerprint density at radius 2 is 2.14 bits per heavy atom. The van der Waals surface area contributed by atoms with Gasteiger partial charge in [0.15, 0.2) is 5.82 Å². The van der Waals surface area contributed by atoms with Crippen LogP contribution in [0.2, 0.25) is 0 Å². The fraction of sp³-hybridized carbons (Fsp3) is 0.500. The lowest BCUT2D eigenvalue weighted by atomic mass is 10.1. The standard InChI is InChI=1S/C14H21N5O2/c1-3-4-9-21-10-8-19-14(16-17-18-19)13-11(15)6-5-7-12(13)20-2/h5-7H,3-4,8-10,15H2,1-2H3. The summed E-state index contributed by atoms with van der Waals surface area (Å²) in [4.78, 5) is 0. The Balaban J connectivity index is 2.13. The van der Waals surface area contributed by atoms with Crippen LogP contribution >= 0.6 is 0 Å². The molecule has 0 saturated heterocycles. The second kappa shape index (κ2) is 7.58. The lowest BCUT2D eigenvalue weighted by Gasteiger charge is -2.11. The van der Waals surface area contributed by atoms with Gasteiger partial charge in [-0.2, -0.15) is 0 Å². The zero-order chi connectivity index (χ0) is 15.1. The van der Waals surface area contributed by atoms with Crippen LogP contribution in [0.15, 0.2) is 18.2 Å². The number of hydrogen-bond donors (Lipinski definition) is 1. The van der Waals surface area contributed by atoms with Gasteiger partial charge in [0.1, 0.15) is 5.75 Å². The van der Waals surface area contributed by atoms with Crippen molar-refractivity contribution in [1.29, 1.82) is 0 Å². The summed E-state index contributed by atoms with van der Waals surface area (Å²) in [5.41, 5.74) is 7.32. The van der Waals surface area contributed by atoms with Gasteiger partial charge in [-0.05, 0) is 29.0 Å². The minimum Gasteiger partial charge on any atom is -0.496 e. The molecule has 0 fully saturated rings. The van der Waals surface area contributed by atoms with Crippen LogP contribution in [-0.4, -0.2) is 40.5 Å². The Kier molecular flexibility index (Phi) is 5.51. The Morgan fingerprint density at radius 1 is 1.29 bits per heavy atom. The molecule has 2 N–H and O–H groups in total. The number of nitrogens with zero attached hydrogens (tertiary/aromatic N) is 4. The van der Waals surface area contributed by atoms with E-state index in [1.807, 2.05) is 12.1 Å². The molecule has 0 saturated carbocycles. The minimum absolute atomic E-state index is 0.563. The summed E-state index contributed by atoms with van der Waals surface area (Å²) in [6.07, 6.45) is 2.18. The first-order chi connectivity index (χ1) is 10.3. The van der Waals surface area contributed by atoms with Crippen molar-refractivity contribution in [2.45, 2.75) is 26.3 Å². The molecular formula is C14H21N5O2. The number of rotatable bonds is 8. The van der Waals surface area contributed by atoms with Crippen LogP contribution in [0.25, 0.3) is 11.4 Å². The lowest BCUT2D eigenvalue weighted by molar-refractivity contribution is 0.121. The van der Waals surface area contributed by atoms with E-state index < -0.39 is 0 Å². The van der Waals surface area contributed by atoms with Crippen LogP contribution in [0.4, 0.5) is 5.69 Å². The number of ether oxygens (including phenoxy) is 2. The van der Waals surface area contributed by atoms with Gasteiger partial charge >= 0.3 is 0 Å². The molecule has 7 heteroatoms. The minimum atomic E-state index is 0.563. The highest BCUT2D eigenvalue weighted by Crippen LogP contribution is 2.33. The Bertz CT molecular complexity index is 570. The van der Waals surface area contributed by atoms with Gasteiger partial charge in [-0.1, -0.05) is 19.4 Å². The van der Waals surface area contributed by atoms with Crippen molar-refractivity contribution in [1.82, 2.24) is 20.2 Å². The van der Waals surface area contributed by atoms with Crippen LogP contribution in [-0.2, 0) is 11.3 Å². The zero-order valence-corrected chi connectivity index (χ0v) is 12.5. The van der Waals surface area contributed by atoms with E-state index >= 15 is 0 Å². The first-order valence-electron chi connectivity index (χ1n) is 7.04. The van der Waals surface area contributed by atoms with E-state index in [1.54, 1.807) is 17.9 Å². The Morgan fingerprint density at radius 3 is 2.90 bits per heavy atom. The number of benzene rings is 1. The van der Waals surface area contributed by atoms with Crippen molar-refractivity contribution in [2.24, 2.45) is 0 Å². The molecule has 2 aromatic rings. The molecule has 0 aliphatic rings. The number of hydrogen-bond acceptors (Lipinski definition) is 6. The highest BCUT2D eigenvalue weighted by Gasteiger charge is 2.16. The molecule has 21 heavy (non-hydrogen) atoms. The molecule has 0 unspecified atom stereocenters. The predicted octanol–water partition coefficient (Wildman–Crippen LogP) is 1.75. The molecule has 0 atom stereocenters. The van der Waals surface area contributed by atoms with Crippen molar-refractivity contribution in [2.75, 3.05) is 26.1 Å². The molecule has 0 aliphatic heterocycles. The molecule has 0 amide bonds. The van der Waals surface area contributed by atoms with Crippen LogP contribution in [0.3, 0.4) is 0 Å². The number of methoxy groups -OCH3 is 1. The molecule has 0 spiro atoms. The van der Waals surface area contributed by atoms with E-state index in [0.717, 1.165) is 19.4 Å². The average Bonchev–Trinajstić information content (AvgIpc) is 2.94. The number of nitrogen functional groups attached to an aromatic ring is 1. The van der Waals surface area contributed by atoms with Crippen LogP contribution in [0, 0.1) is 0 Å². The largest absolute Gasteiger partial charge is 0.496 e. The molecule has 2 rings (SSSR count). The fourth-order valence-electron chi connectivity index (χ4n) is 1.99. The van der Waals surface area contributed by atoms with Gasteiger partial charge < -0.3 is 15.2 Å². The molecule has 1 aromatic heterocycles. The van der Waals surface area contributed by atoms with Gasteiger partial charge in [0.2, 0.25) is 0 Å². The van der Waals surface area contributed by atoms with Crippen molar-refractivity contribution in [3.8, 4) is 17.1 Å². The summed E-state index contributed by atoms with van der Waals surface area (Å²) in [6.45, 7) is 4.02. The molecule has 114 valence electrons. The van der Waals surface area contributed by atoms with Crippen LogP contribution < -0.4 is 10.5 Å². The number of tetrazole rings is 1. The first-order valence-corrected chi connectivity index (χ1v) is 7.04. The third-order valence-electron chi connectivity index (χ3n) is 3.12. The van der Waals surface area contributed by atoms with Gasteiger partial charge in [0.25, 0.3) is 0 Å². The number of aromatic nitrogens is 4. The number of nitrogens with two attached hydrogens (primary N) is 1. The Hall–Kier alpha value is -2.15. The monoisotopic (exact) mass is 291 g/mol. The second-order valence-electron chi connectivity index (χ2n) is 4.62. The highest BCUT2D eigenvalue weighted by molar-refractivity contribution is 5.77. The maximum absolute atomic E-state index is 6.03. The summed E-state index contributed by atoms with van der Waals surface area (Å²) in [6, 6.07) is 5.47. The van der Waals surface area contributed by atoms with Crippen molar-refractivity contribution < 1.29 is 9.47 Å². The quantitative estimate of drug-likeness (QED) is 0.589. The fourth-order valence-corrected chi connectivity index (χ4v) is 1.99. The molecule has 7 nitrogen and oxygen atoms in total. The summed E-state index contributed by atoms with van der Waals surface area (Å²) in [5.74, 6) is 1.24. The molecule has 1 aromatic carbocycles. The summed E-state index contributed by atoms with van der Waals surface area (Å²) in [5, 5.41) is 11.8. The van der Waals surface area contributed by atoms with Gasteiger partial charge in [0, 0.05) is 12.3 Å². The Labute approximate surface area is 124 Å². The molecular weight excluding hydrogens is 270 g/mol. The lowest BCUT2D eigenvalue weighted by Crippen LogP contribution is -2.10. The molecule has 0 aliphatic carbocycles. The molecule has 1 heterocycles. The van der Waals surface area contributed by atoms with Crippen molar-refractivity contribution in [3.05, 3.63) is 18.2 Å². The van der Waals surface area contributed by atoms with Gasteiger partial charge in [-0.3, -0.25) is 0 Å². The normalized spacial score (nSPS) is 10.8. The van der Waals surface area contributed by atoms with Gasteiger partial charge in [0.05, 0.1) is 25.8 Å². The van der Waals surface area contributed by atoms with Crippen LogP contribution in [0.5, 0.6) is 5.75 Å². The second-order valence-corrected chi connectivity index (χ2v) is 4.62. The van der Waals surface area contributed by atoms with E-state index in [-0.39, 0.29) is 0 Å². The molecule has 0 radical (unpaired) electrons. The smallest absolute Gasteiger partial charge is 0.187 e. The number of anilines is 1. The SMILES string of the molecule is CCCCOCCn1nnnc1-c1c(N)cccc1OC. The van der Waals surface area contributed by atoms with E-state index in [1.165, 1.54) is 0 Å². The summed E-state index contributed by atoms with van der Waals surface area (Å²) < 4.78 is 12.6. The maximum Gasteiger partial charge on any atom is 0.187 e. The van der Waals surface area contributed by atoms with E-state index in [2.05, 4.69) is 22.4 Å². The first kappa shape index (κ1) is 15.2. The zero-order valence-electron chi connectivity index (χ0n) is 12.5. The third-order valence-corrected chi connectivity index (χ3v) is 3.12. The van der Waals surface area contributed by atoms with Gasteiger partial charge in [-0.25, -0.2) is 4.68 Å². The number of unbranched alkanes of at least 4 members (excludes halogenated alkanes) is 1. The summed E-state index contributed by atoms with van der Waals surface area (Å²) >= 11 is 0. The van der Waals surface area contributed by atoms with Crippen molar-refractivity contribution >= 4 is 5.69 Å². The van der Waals surface area contributed by atoms with Gasteiger partial charge in [-0.15, -0.1) is 5.10 Å². The topological polar surface area (TPSA) is 88.1 Å².